The van der Waals surface area contributed by atoms with Crippen molar-refractivity contribution in [1.82, 2.24) is 0 Å². The number of hydrogen-bond donors (Lipinski definition) is 0. The predicted octanol–water partition coefficient (Wildman–Crippen LogP) is 1.02. The third kappa shape index (κ3) is 6.01. The van der Waals surface area contributed by atoms with Gasteiger partial charge in [-0.2, -0.15) is 0 Å². The van der Waals surface area contributed by atoms with Crippen LogP contribution < -0.4 is 0 Å². The molecule has 0 saturated heterocycles. The number of Topliss-reactive ketones (excluding diaryl/α,β-unsaturated/α-hetero) is 1. The molecule has 0 aromatic heterocycles. The normalized spacial score (nSPS) is 13.0. The third-order valence-corrected chi connectivity index (χ3v) is 1.33. The standard InChI is InChI=1S/C8H16O3/c1-4-8(6-10-3)11-5-7(2)9/h8H,4-6H2,1-3H3. The Kier molecular flexibility index (Phi) is 6.07. The maximum atomic E-state index is 10.5. The maximum absolute atomic E-state index is 10.5. The molecule has 0 bridgehead atoms. The molecular weight excluding hydrogens is 144 g/mol. The molecule has 1 unspecified atom stereocenters. The van der Waals surface area contributed by atoms with Crippen LogP contribution in [0.4, 0.5) is 0 Å². The van der Waals surface area contributed by atoms with Crippen molar-refractivity contribution < 1.29 is 14.3 Å². The Hall–Kier alpha value is -0.410. The number of ether oxygens (including phenoxy) is 2. The lowest BCUT2D eigenvalue weighted by atomic mass is 10.3. The van der Waals surface area contributed by atoms with Crippen molar-refractivity contribution in [3.8, 4) is 0 Å². The molecule has 0 rings (SSSR count). The Morgan fingerprint density at radius 2 is 2.18 bits per heavy atom. The molecule has 3 heteroatoms. The number of rotatable bonds is 6. The number of carbonyl (C=O) groups is 1. The molecule has 0 aliphatic rings. The van der Waals surface area contributed by atoms with Gasteiger partial charge < -0.3 is 9.47 Å². The van der Waals surface area contributed by atoms with Gasteiger partial charge in [-0.3, -0.25) is 4.79 Å². The number of methoxy groups -OCH3 is 1. The topological polar surface area (TPSA) is 35.5 Å². The van der Waals surface area contributed by atoms with Gasteiger partial charge in [-0.15, -0.1) is 0 Å². The van der Waals surface area contributed by atoms with Crippen molar-refractivity contribution in [3.05, 3.63) is 0 Å². The highest BCUT2D eigenvalue weighted by Crippen LogP contribution is 1.97. The molecule has 0 fully saturated rings. The monoisotopic (exact) mass is 160 g/mol. The summed E-state index contributed by atoms with van der Waals surface area (Å²) in [4.78, 5) is 10.5. The van der Waals surface area contributed by atoms with E-state index in [9.17, 15) is 4.79 Å². The average Bonchev–Trinajstić information content (AvgIpc) is 1.97. The first kappa shape index (κ1) is 10.6. The van der Waals surface area contributed by atoms with Gasteiger partial charge in [0.15, 0.2) is 5.78 Å². The van der Waals surface area contributed by atoms with Crippen LogP contribution in [0.3, 0.4) is 0 Å². The van der Waals surface area contributed by atoms with E-state index in [1.54, 1.807) is 7.11 Å². The summed E-state index contributed by atoms with van der Waals surface area (Å²) in [6.07, 6.45) is 0.935. The van der Waals surface area contributed by atoms with Crippen molar-refractivity contribution in [2.45, 2.75) is 26.4 Å². The maximum Gasteiger partial charge on any atom is 0.155 e. The highest BCUT2D eigenvalue weighted by Gasteiger charge is 2.06. The van der Waals surface area contributed by atoms with E-state index in [2.05, 4.69) is 0 Å². The lowest BCUT2D eigenvalue weighted by molar-refractivity contribution is -0.124. The van der Waals surface area contributed by atoms with Gasteiger partial charge in [-0.25, -0.2) is 0 Å². The van der Waals surface area contributed by atoms with Crippen LogP contribution >= 0.6 is 0 Å². The van der Waals surface area contributed by atoms with Gasteiger partial charge in [-0.05, 0) is 13.3 Å². The van der Waals surface area contributed by atoms with Crippen molar-refractivity contribution in [2.75, 3.05) is 20.3 Å². The second-order valence-corrected chi connectivity index (χ2v) is 2.50. The molecule has 0 aromatic carbocycles. The Morgan fingerprint density at radius 1 is 1.55 bits per heavy atom. The van der Waals surface area contributed by atoms with Crippen LogP contribution in [0.2, 0.25) is 0 Å². The van der Waals surface area contributed by atoms with Gasteiger partial charge in [0, 0.05) is 7.11 Å². The molecule has 11 heavy (non-hydrogen) atoms. The fourth-order valence-corrected chi connectivity index (χ4v) is 0.705. The quantitative estimate of drug-likeness (QED) is 0.582. The van der Waals surface area contributed by atoms with Gasteiger partial charge in [0.05, 0.1) is 12.7 Å². The zero-order valence-electron chi connectivity index (χ0n) is 7.42. The number of ketones is 1. The number of carbonyl (C=O) groups excluding carboxylic acids is 1. The van der Waals surface area contributed by atoms with Crippen molar-refractivity contribution in [2.24, 2.45) is 0 Å². The van der Waals surface area contributed by atoms with Crippen molar-refractivity contribution in [1.29, 1.82) is 0 Å². The van der Waals surface area contributed by atoms with Gasteiger partial charge in [0.1, 0.15) is 6.61 Å². The zero-order valence-corrected chi connectivity index (χ0v) is 7.42. The highest BCUT2D eigenvalue weighted by atomic mass is 16.5. The lowest BCUT2D eigenvalue weighted by Crippen LogP contribution is -2.21. The van der Waals surface area contributed by atoms with Crippen LogP contribution in [0.25, 0.3) is 0 Å². The Bertz CT molecular complexity index is 112. The van der Waals surface area contributed by atoms with Crippen LogP contribution in [0, 0.1) is 0 Å². The van der Waals surface area contributed by atoms with E-state index in [0.717, 1.165) is 6.42 Å². The lowest BCUT2D eigenvalue weighted by Gasteiger charge is -2.13. The fourth-order valence-electron chi connectivity index (χ4n) is 0.705. The molecule has 0 radical (unpaired) electrons. The Balaban J connectivity index is 3.43. The van der Waals surface area contributed by atoms with Gasteiger partial charge >= 0.3 is 0 Å². The molecule has 0 spiro atoms. The number of hydrogen-bond acceptors (Lipinski definition) is 3. The summed E-state index contributed by atoms with van der Waals surface area (Å²) in [5, 5.41) is 0. The van der Waals surface area contributed by atoms with E-state index in [4.69, 9.17) is 9.47 Å². The summed E-state index contributed by atoms with van der Waals surface area (Å²) >= 11 is 0. The minimum Gasteiger partial charge on any atom is -0.382 e. The molecule has 0 amide bonds. The van der Waals surface area contributed by atoms with Crippen LogP contribution in [-0.2, 0) is 14.3 Å². The zero-order chi connectivity index (χ0) is 8.69. The van der Waals surface area contributed by atoms with Crippen molar-refractivity contribution in [3.63, 3.8) is 0 Å². The Morgan fingerprint density at radius 3 is 2.55 bits per heavy atom. The summed E-state index contributed by atoms with van der Waals surface area (Å²) < 4.78 is 10.1. The molecule has 3 nitrogen and oxygen atoms in total. The van der Waals surface area contributed by atoms with Crippen LogP contribution in [0.5, 0.6) is 0 Å². The van der Waals surface area contributed by atoms with E-state index in [0.29, 0.717) is 6.61 Å². The van der Waals surface area contributed by atoms with E-state index < -0.39 is 0 Å². The van der Waals surface area contributed by atoms with E-state index >= 15 is 0 Å². The molecule has 0 aliphatic carbocycles. The first-order chi connectivity index (χ1) is 5.20. The smallest absolute Gasteiger partial charge is 0.155 e. The average molecular weight is 160 g/mol. The summed E-state index contributed by atoms with van der Waals surface area (Å²) in [6.45, 7) is 4.27. The molecule has 0 N–H and O–H groups in total. The molecule has 0 heterocycles. The molecular formula is C8H16O3. The van der Waals surface area contributed by atoms with E-state index in [1.165, 1.54) is 6.92 Å². The molecule has 66 valence electrons. The summed E-state index contributed by atoms with van der Waals surface area (Å²) in [5.41, 5.74) is 0. The first-order valence-electron chi connectivity index (χ1n) is 3.80. The minimum atomic E-state index is 0.0551. The molecule has 0 saturated carbocycles. The molecule has 0 aromatic rings. The SMILES string of the molecule is CCC(COC)OCC(C)=O. The summed E-state index contributed by atoms with van der Waals surface area (Å²) in [5.74, 6) is 0.0551. The first-order valence-corrected chi connectivity index (χ1v) is 3.80. The largest absolute Gasteiger partial charge is 0.382 e. The molecule has 1 atom stereocenters. The second-order valence-electron chi connectivity index (χ2n) is 2.50. The van der Waals surface area contributed by atoms with Crippen LogP contribution in [-0.4, -0.2) is 32.2 Å². The van der Waals surface area contributed by atoms with Gasteiger partial charge in [0.2, 0.25) is 0 Å². The van der Waals surface area contributed by atoms with E-state index in [1.807, 2.05) is 6.92 Å². The summed E-state index contributed by atoms with van der Waals surface area (Å²) in [7, 11) is 1.62. The minimum absolute atomic E-state index is 0.0551. The van der Waals surface area contributed by atoms with Gasteiger partial charge in [0.25, 0.3) is 0 Å². The Labute approximate surface area is 67.7 Å². The van der Waals surface area contributed by atoms with Crippen LogP contribution in [0.15, 0.2) is 0 Å². The second kappa shape index (κ2) is 6.31. The van der Waals surface area contributed by atoms with Crippen LogP contribution in [0.1, 0.15) is 20.3 Å². The highest BCUT2D eigenvalue weighted by molar-refractivity contribution is 5.76. The summed E-state index contributed by atoms with van der Waals surface area (Å²) in [6, 6.07) is 0. The third-order valence-electron chi connectivity index (χ3n) is 1.33. The van der Waals surface area contributed by atoms with E-state index in [-0.39, 0.29) is 18.5 Å². The predicted molar refractivity (Wildman–Crippen MR) is 42.6 cm³/mol. The molecule has 0 aliphatic heterocycles. The van der Waals surface area contributed by atoms with Crippen molar-refractivity contribution >= 4 is 5.78 Å². The fraction of sp³-hybridized carbons (Fsp3) is 0.875. The van der Waals surface area contributed by atoms with Gasteiger partial charge in [-0.1, -0.05) is 6.92 Å².